The number of pyridine rings is 2. The highest BCUT2D eigenvalue weighted by atomic mass is 19.1. The smallest absolute Gasteiger partial charge is 0.333 e. The van der Waals surface area contributed by atoms with Crippen LogP contribution in [0.1, 0.15) is 11.1 Å². The van der Waals surface area contributed by atoms with Crippen LogP contribution >= 0.6 is 0 Å². The lowest BCUT2D eigenvalue weighted by Gasteiger charge is -2.29. The Hall–Kier alpha value is -4.48. The summed E-state index contributed by atoms with van der Waals surface area (Å²) in [5, 5.41) is 4.05. The van der Waals surface area contributed by atoms with Crippen molar-refractivity contribution in [3.8, 4) is 17.5 Å². The molecule has 1 aliphatic rings. The molecule has 0 atom stereocenters. The van der Waals surface area contributed by atoms with E-state index in [9.17, 15) is 4.79 Å². The summed E-state index contributed by atoms with van der Waals surface area (Å²) >= 11 is 0. The number of hydrogen-bond acceptors (Lipinski definition) is 5. The van der Waals surface area contributed by atoms with Gasteiger partial charge in [0.05, 0.1) is 34.1 Å². The minimum absolute atomic E-state index is 0.263. The van der Waals surface area contributed by atoms with E-state index in [4.69, 9.17) is 0 Å². The Labute approximate surface area is 206 Å². The van der Waals surface area contributed by atoms with Gasteiger partial charge in [-0.3, -0.25) is 19.1 Å². The van der Waals surface area contributed by atoms with Gasteiger partial charge in [0.2, 0.25) is 0 Å². The van der Waals surface area contributed by atoms with Crippen LogP contribution in [0.5, 0.6) is 0 Å². The molecule has 1 fully saturated rings. The molecule has 3 aromatic heterocycles. The number of benzene rings is 2. The van der Waals surface area contributed by atoms with E-state index in [1.165, 1.54) is 10.6 Å². The number of nitrogens with zero attached hydrogens (tertiary/aromatic N) is 5. The molecular formula is C28H23FN6O. The molecule has 7 nitrogen and oxygen atoms in total. The van der Waals surface area contributed by atoms with Crippen molar-refractivity contribution >= 4 is 27.6 Å². The molecule has 178 valence electrons. The number of imidazole rings is 1. The van der Waals surface area contributed by atoms with Gasteiger partial charge in [-0.05, 0) is 42.5 Å². The van der Waals surface area contributed by atoms with E-state index < -0.39 is 0 Å². The number of piperazine rings is 1. The van der Waals surface area contributed by atoms with Gasteiger partial charge in [-0.1, -0.05) is 11.8 Å². The number of hydrogen-bond donors (Lipinski definition) is 1. The minimum atomic E-state index is -0.348. The maximum atomic E-state index is 15.3. The lowest BCUT2D eigenvalue weighted by molar-refractivity contribution is 0.566. The third-order valence-electron chi connectivity index (χ3n) is 6.54. The second-order valence-corrected chi connectivity index (χ2v) is 8.77. The van der Waals surface area contributed by atoms with E-state index in [1.807, 2.05) is 35.2 Å². The number of aryl methyl sites for hydroxylation is 1. The molecule has 6 rings (SSSR count). The highest BCUT2D eigenvalue weighted by molar-refractivity contribution is 6.03. The van der Waals surface area contributed by atoms with Gasteiger partial charge in [-0.25, -0.2) is 9.18 Å². The van der Waals surface area contributed by atoms with E-state index in [0.717, 1.165) is 48.2 Å². The van der Waals surface area contributed by atoms with Crippen LogP contribution in [-0.2, 0) is 7.05 Å². The van der Waals surface area contributed by atoms with Crippen LogP contribution in [-0.4, -0.2) is 45.3 Å². The van der Waals surface area contributed by atoms with Crippen molar-refractivity contribution in [1.82, 2.24) is 24.4 Å². The molecule has 5 aromatic rings. The Bertz CT molecular complexity index is 1720. The topological polar surface area (TPSA) is 68.0 Å². The first-order valence-electron chi connectivity index (χ1n) is 11.8. The zero-order chi connectivity index (χ0) is 24.6. The van der Waals surface area contributed by atoms with Gasteiger partial charge >= 0.3 is 5.69 Å². The first-order chi connectivity index (χ1) is 17.6. The van der Waals surface area contributed by atoms with E-state index >= 15 is 4.39 Å². The van der Waals surface area contributed by atoms with Crippen molar-refractivity contribution < 1.29 is 4.39 Å². The highest BCUT2D eigenvalue weighted by Gasteiger charge is 2.19. The standard InChI is InChI=1S/C28H23FN6O/c1-33-26-18-32-24-8-6-19(4-5-20-3-2-10-31-17-20)15-22(24)27(26)35(28(33)36)21-7-9-25(23(29)16-21)34-13-11-30-12-14-34/h2-3,6-10,15-18,30H,11-14H2,1H3. The molecule has 0 saturated carbocycles. The average molecular weight is 479 g/mol. The fourth-order valence-corrected chi connectivity index (χ4v) is 4.69. The van der Waals surface area contributed by atoms with Crippen molar-refractivity contribution in [2.24, 2.45) is 7.05 Å². The zero-order valence-electron chi connectivity index (χ0n) is 19.7. The van der Waals surface area contributed by atoms with Crippen molar-refractivity contribution in [2.45, 2.75) is 0 Å². The molecule has 0 amide bonds. The number of anilines is 1. The van der Waals surface area contributed by atoms with Crippen LogP contribution in [0.3, 0.4) is 0 Å². The third kappa shape index (κ3) is 3.80. The van der Waals surface area contributed by atoms with Gasteiger partial charge < -0.3 is 10.2 Å². The number of fused-ring (bicyclic) bond motifs is 3. The normalized spacial score (nSPS) is 13.7. The molecule has 4 heterocycles. The summed E-state index contributed by atoms with van der Waals surface area (Å²) in [4.78, 5) is 24.0. The molecular weight excluding hydrogens is 455 g/mol. The summed E-state index contributed by atoms with van der Waals surface area (Å²) < 4.78 is 18.4. The summed E-state index contributed by atoms with van der Waals surface area (Å²) in [6.45, 7) is 3.11. The molecule has 1 N–H and O–H groups in total. The fraction of sp³-hybridized carbons (Fsp3) is 0.179. The molecule has 0 aliphatic carbocycles. The SMILES string of the molecule is Cn1c(=O)n(-c2ccc(N3CCNCC3)c(F)c2)c2c3cc(C#Cc4cccnc4)ccc3ncc21. The zero-order valence-corrected chi connectivity index (χ0v) is 19.7. The van der Waals surface area contributed by atoms with Crippen LogP contribution in [0.15, 0.2) is 71.9 Å². The van der Waals surface area contributed by atoms with Gasteiger partial charge in [0.25, 0.3) is 0 Å². The molecule has 0 unspecified atom stereocenters. The van der Waals surface area contributed by atoms with E-state index in [-0.39, 0.29) is 11.5 Å². The number of nitrogens with one attached hydrogen (secondary N) is 1. The Morgan fingerprint density at radius 3 is 2.61 bits per heavy atom. The lowest BCUT2D eigenvalue weighted by Crippen LogP contribution is -2.43. The third-order valence-corrected chi connectivity index (χ3v) is 6.54. The van der Waals surface area contributed by atoms with Gasteiger partial charge in [0.1, 0.15) is 5.82 Å². The van der Waals surface area contributed by atoms with E-state index in [2.05, 4.69) is 27.1 Å². The molecule has 8 heteroatoms. The summed E-state index contributed by atoms with van der Waals surface area (Å²) in [7, 11) is 1.70. The number of aromatic nitrogens is 4. The van der Waals surface area contributed by atoms with Gasteiger partial charge in [0.15, 0.2) is 0 Å². The summed E-state index contributed by atoms with van der Waals surface area (Å²) in [5.74, 6) is 5.94. The second kappa shape index (κ2) is 8.95. The van der Waals surface area contributed by atoms with Crippen molar-refractivity contribution in [3.05, 3.63) is 94.5 Å². The van der Waals surface area contributed by atoms with Gasteiger partial charge in [-0.15, -0.1) is 0 Å². The first-order valence-corrected chi connectivity index (χ1v) is 11.8. The quantitative estimate of drug-likeness (QED) is 0.395. The first kappa shape index (κ1) is 22.0. The van der Waals surface area contributed by atoms with Crippen LogP contribution in [0.25, 0.3) is 27.6 Å². The lowest BCUT2D eigenvalue weighted by atomic mass is 10.1. The maximum absolute atomic E-state index is 15.3. The number of rotatable bonds is 2. The molecule has 1 saturated heterocycles. The average Bonchev–Trinajstić information content (AvgIpc) is 3.18. The summed E-state index contributed by atoms with van der Waals surface area (Å²) in [5.41, 5.74) is 4.42. The Kier molecular flexibility index (Phi) is 5.47. The summed E-state index contributed by atoms with van der Waals surface area (Å²) in [6, 6.07) is 14.5. The van der Waals surface area contributed by atoms with Crippen LogP contribution in [0.4, 0.5) is 10.1 Å². The summed E-state index contributed by atoms with van der Waals surface area (Å²) in [6.07, 6.45) is 5.10. The molecule has 0 spiro atoms. The molecule has 36 heavy (non-hydrogen) atoms. The Balaban J connectivity index is 1.51. The van der Waals surface area contributed by atoms with Crippen LogP contribution < -0.4 is 15.9 Å². The molecule has 0 radical (unpaired) electrons. The van der Waals surface area contributed by atoms with Crippen LogP contribution in [0.2, 0.25) is 0 Å². The van der Waals surface area contributed by atoms with Crippen molar-refractivity contribution in [1.29, 1.82) is 0 Å². The van der Waals surface area contributed by atoms with Crippen molar-refractivity contribution in [3.63, 3.8) is 0 Å². The highest BCUT2D eigenvalue weighted by Crippen LogP contribution is 2.28. The van der Waals surface area contributed by atoms with Crippen molar-refractivity contribution in [2.75, 3.05) is 31.1 Å². The predicted octanol–water partition coefficient (Wildman–Crippen LogP) is 3.22. The van der Waals surface area contributed by atoms with E-state index in [0.29, 0.717) is 22.4 Å². The molecule has 2 aromatic carbocycles. The molecule has 1 aliphatic heterocycles. The second-order valence-electron chi connectivity index (χ2n) is 8.77. The van der Waals surface area contributed by atoms with Gasteiger partial charge in [0, 0.05) is 68.2 Å². The van der Waals surface area contributed by atoms with Crippen LogP contribution in [0, 0.1) is 17.7 Å². The predicted molar refractivity (Wildman–Crippen MR) is 139 cm³/mol. The monoisotopic (exact) mass is 478 g/mol. The minimum Gasteiger partial charge on any atom is -0.367 e. The largest absolute Gasteiger partial charge is 0.367 e. The Morgan fingerprint density at radius 2 is 1.83 bits per heavy atom. The number of halogens is 1. The van der Waals surface area contributed by atoms with E-state index in [1.54, 1.807) is 42.3 Å². The van der Waals surface area contributed by atoms with Gasteiger partial charge in [-0.2, -0.15) is 0 Å². The Morgan fingerprint density at radius 1 is 1.00 bits per heavy atom. The maximum Gasteiger partial charge on any atom is 0.333 e. The molecule has 0 bridgehead atoms. The fourth-order valence-electron chi connectivity index (χ4n) is 4.69.